The molecule has 47 heavy (non-hydrogen) atoms. The van der Waals surface area contributed by atoms with E-state index in [0.717, 1.165) is 5.56 Å². The first-order valence-corrected chi connectivity index (χ1v) is 17.7. The number of hydrogen-bond donors (Lipinski definition) is 0. The summed E-state index contributed by atoms with van der Waals surface area (Å²) in [6, 6.07) is 41.5. The van der Waals surface area contributed by atoms with Crippen molar-refractivity contribution < 1.29 is 26.3 Å². The molecule has 5 aromatic carbocycles. The number of aromatic nitrogens is 2. The van der Waals surface area contributed by atoms with Crippen LogP contribution in [0.1, 0.15) is 23.1 Å². The molecule has 2 aromatic heterocycles. The summed E-state index contributed by atoms with van der Waals surface area (Å²) in [7, 11) is -6.77. The third-order valence-corrected chi connectivity index (χ3v) is 11.6. The number of rotatable bonds is 10. The minimum atomic E-state index is -4.17. The predicted molar refractivity (Wildman–Crippen MR) is 182 cm³/mol. The summed E-state index contributed by atoms with van der Waals surface area (Å²) in [5.41, 5.74) is 2.15. The van der Waals surface area contributed by atoms with Gasteiger partial charge in [-0.2, -0.15) is 0 Å². The zero-order valence-electron chi connectivity index (χ0n) is 25.3. The maximum absolute atomic E-state index is 14.5. The molecule has 0 saturated heterocycles. The summed E-state index contributed by atoms with van der Waals surface area (Å²) in [5, 5.41) is 1.32. The Kier molecular flexibility index (Phi) is 7.93. The second kappa shape index (κ2) is 12.2. The van der Waals surface area contributed by atoms with Crippen LogP contribution in [0, 0.1) is 0 Å². The Morgan fingerprint density at radius 3 is 1.51 bits per heavy atom. The third kappa shape index (κ3) is 5.50. The highest BCUT2D eigenvalue weighted by Crippen LogP contribution is 2.39. The monoisotopic (exact) mass is 662 g/mol. The van der Waals surface area contributed by atoms with E-state index >= 15 is 0 Å². The molecule has 0 saturated carbocycles. The van der Waals surface area contributed by atoms with E-state index < -0.39 is 26.2 Å². The van der Waals surface area contributed by atoms with E-state index in [1.54, 1.807) is 79.9 Å². The second-order valence-electron chi connectivity index (χ2n) is 11.0. The molecule has 0 radical (unpaired) electrons. The maximum Gasteiger partial charge on any atom is 0.268 e. The molecule has 0 fully saturated rings. The second-order valence-corrected chi connectivity index (χ2v) is 14.5. The molecule has 0 amide bonds. The van der Waals surface area contributed by atoms with Gasteiger partial charge in [0.2, 0.25) is 0 Å². The van der Waals surface area contributed by atoms with Gasteiger partial charge in [-0.1, -0.05) is 84.9 Å². The Bertz CT molecular complexity index is 2290. The molecule has 10 heteroatoms. The van der Waals surface area contributed by atoms with Gasteiger partial charge < -0.3 is 9.47 Å². The number of benzene rings is 5. The first kappa shape index (κ1) is 30.5. The molecule has 0 bridgehead atoms. The van der Waals surface area contributed by atoms with E-state index in [1.165, 1.54) is 32.2 Å². The van der Waals surface area contributed by atoms with Crippen LogP contribution in [0.15, 0.2) is 155 Å². The Morgan fingerprint density at radius 1 is 0.553 bits per heavy atom. The normalized spacial score (nSPS) is 12.2. The van der Waals surface area contributed by atoms with Crippen LogP contribution in [0.2, 0.25) is 0 Å². The van der Waals surface area contributed by atoms with Crippen molar-refractivity contribution in [3.05, 3.63) is 163 Å². The summed E-state index contributed by atoms with van der Waals surface area (Å²) in [6.45, 7) is 0.0295. The van der Waals surface area contributed by atoms with Gasteiger partial charge in [-0.3, -0.25) is 0 Å². The van der Waals surface area contributed by atoms with Gasteiger partial charge in [0, 0.05) is 10.8 Å². The van der Waals surface area contributed by atoms with Crippen LogP contribution < -0.4 is 4.74 Å². The fourth-order valence-corrected chi connectivity index (χ4v) is 8.99. The van der Waals surface area contributed by atoms with Crippen LogP contribution in [-0.4, -0.2) is 31.9 Å². The molecular formula is C37H30N2O6S2. The molecule has 0 aliphatic carbocycles. The lowest BCUT2D eigenvalue weighted by Gasteiger charge is -2.23. The molecule has 236 valence electrons. The molecule has 8 nitrogen and oxygen atoms in total. The number of ether oxygens (including phenoxy) is 2. The van der Waals surface area contributed by atoms with Crippen LogP contribution in [0.3, 0.4) is 0 Å². The summed E-state index contributed by atoms with van der Waals surface area (Å²) in [5.74, 6) is 0.629. The van der Waals surface area contributed by atoms with Crippen molar-refractivity contribution in [2.24, 2.45) is 0 Å². The number of methoxy groups -OCH3 is 1. The van der Waals surface area contributed by atoms with Gasteiger partial charge in [0.25, 0.3) is 20.0 Å². The largest absolute Gasteiger partial charge is 0.497 e. The Morgan fingerprint density at radius 2 is 1.02 bits per heavy atom. The number of para-hydroxylation sites is 2. The molecule has 0 atom stereocenters. The molecule has 7 rings (SSSR count). The Balaban J connectivity index is 1.52. The van der Waals surface area contributed by atoms with E-state index in [0.29, 0.717) is 27.6 Å². The highest BCUT2D eigenvalue weighted by Gasteiger charge is 2.34. The van der Waals surface area contributed by atoms with Crippen LogP contribution in [-0.2, 0) is 31.4 Å². The average Bonchev–Trinajstić information content (AvgIpc) is 3.69. The Labute approximate surface area is 273 Å². The first-order valence-electron chi connectivity index (χ1n) is 14.9. The van der Waals surface area contributed by atoms with Crippen LogP contribution >= 0.6 is 0 Å². The lowest BCUT2D eigenvalue weighted by Crippen LogP contribution is -2.23. The third-order valence-electron chi connectivity index (χ3n) is 8.04. The zero-order chi connectivity index (χ0) is 32.6. The van der Waals surface area contributed by atoms with Gasteiger partial charge in [-0.15, -0.1) is 0 Å². The van der Waals surface area contributed by atoms with Crippen molar-refractivity contribution in [3.8, 4) is 5.75 Å². The lowest BCUT2D eigenvalue weighted by atomic mass is 10.1. The van der Waals surface area contributed by atoms with Gasteiger partial charge in [-0.25, -0.2) is 24.8 Å². The van der Waals surface area contributed by atoms with Crippen molar-refractivity contribution in [2.75, 3.05) is 7.11 Å². The van der Waals surface area contributed by atoms with Crippen molar-refractivity contribution in [3.63, 3.8) is 0 Å². The summed E-state index contributed by atoms with van der Waals surface area (Å²) >= 11 is 0. The first-order chi connectivity index (χ1) is 22.8. The van der Waals surface area contributed by atoms with Gasteiger partial charge in [0.1, 0.15) is 11.9 Å². The van der Waals surface area contributed by atoms with E-state index in [-0.39, 0.29) is 27.8 Å². The molecule has 0 N–H and O–H groups in total. The van der Waals surface area contributed by atoms with Crippen molar-refractivity contribution >= 4 is 41.9 Å². The van der Waals surface area contributed by atoms with E-state index in [2.05, 4.69) is 0 Å². The molecule has 0 spiro atoms. The van der Waals surface area contributed by atoms with Crippen LogP contribution in [0.5, 0.6) is 5.75 Å². The minimum absolute atomic E-state index is 0.0295. The van der Waals surface area contributed by atoms with Crippen LogP contribution in [0.25, 0.3) is 21.8 Å². The molecular weight excluding hydrogens is 633 g/mol. The summed E-state index contributed by atoms with van der Waals surface area (Å²) < 4.78 is 72.5. The van der Waals surface area contributed by atoms with E-state index in [9.17, 15) is 16.8 Å². The number of nitrogens with zero attached hydrogens (tertiary/aromatic N) is 2. The quantitative estimate of drug-likeness (QED) is 0.152. The molecule has 0 aliphatic heterocycles. The lowest BCUT2D eigenvalue weighted by molar-refractivity contribution is 0.0606. The topological polar surface area (TPSA) is 96.6 Å². The van der Waals surface area contributed by atoms with Gasteiger partial charge in [0.05, 0.1) is 45.9 Å². The fraction of sp³-hybridized carbons (Fsp3) is 0.0811. The van der Waals surface area contributed by atoms with Crippen molar-refractivity contribution in [1.29, 1.82) is 0 Å². The van der Waals surface area contributed by atoms with E-state index in [1.807, 2.05) is 48.5 Å². The van der Waals surface area contributed by atoms with Gasteiger partial charge >= 0.3 is 0 Å². The SMILES string of the molecule is COc1cccc(COC(c2cc3ccccc3n2S(=O)(=O)c2ccccc2)c2cc3ccccc3n2S(=O)(=O)c2ccccc2)c1. The molecule has 0 unspecified atom stereocenters. The van der Waals surface area contributed by atoms with Crippen molar-refractivity contribution in [1.82, 2.24) is 7.94 Å². The highest BCUT2D eigenvalue weighted by atomic mass is 32.2. The van der Waals surface area contributed by atoms with E-state index in [4.69, 9.17) is 9.47 Å². The van der Waals surface area contributed by atoms with Crippen molar-refractivity contribution in [2.45, 2.75) is 22.5 Å². The standard InChI is InChI=1S/C37H30N2O6S2/c1-44-30-16-12-13-27(23-30)26-45-37(35-24-28-14-8-10-21-33(28)38(35)46(40,41)31-17-4-2-5-18-31)36-25-29-15-9-11-22-34(29)39(36)47(42,43)32-19-6-3-7-20-32/h2-25,37H,26H2,1H3. The molecule has 0 aliphatic rings. The molecule has 2 heterocycles. The zero-order valence-corrected chi connectivity index (χ0v) is 26.9. The summed E-state index contributed by atoms with van der Waals surface area (Å²) in [6.07, 6.45) is -1.15. The maximum atomic E-state index is 14.5. The highest BCUT2D eigenvalue weighted by molar-refractivity contribution is 7.90. The summed E-state index contributed by atoms with van der Waals surface area (Å²) in [4.78, 5) is 0.179. The smallest absolute Gasteiger partial charge is 0.268 e. The number of hydrogen-bond acceptors (Lipinski definition) is 6. The van der Waals surface area contributed by atoms with Gasteiger partial charge in [-0.05, 0) is 66.2 Å². The minimum Gasteiger partial charge on any atom is -0.497 e. The number of fused-ring (bicyclic) bond motifs is 2. The van der Waals surface area contributed by atoms with Crippen LogP contribution in [0.4, 0.5) is 0 Å². The average molecular weight is 663 g/mol. The molecule has 7 aromatic rings. The van der Waals surface area contributed by atoms with Gasteiger partial charge in [0.15, 0.2) is 0 Å². The Hall–Kier alpha value is -5.16. The predicted octanol–water partition coefficient (Wildman–Crippen LogP) is 7.38. The fourth-order valence-electron chi connectivity index (χ4n) is 5.86.